The van der Waals surface area contributed by atoms with Crippen LogP contribution in [0.2, 0.25) is 0 Å². The van der Waals surface area contributed by atoms with Gasteiger partial charge in [-0.15, -0.1) is 0 Å². The first-order chi connectivity index (χ1) is 13.5. The minimum absolute atomic E-state index is 0.0814. The predicted molar refractivity (Wildman–Crippen MR) is 119 cm³/mol. The van der Waals surface area contributed by atoms with Gasteiger partial charge in [-0.2, -0.15) is 8.42 Å². The molecule has 0 unspecified atom stereocenters. The zero-order valence-electron chi connectivity index (χ0n) is 16.8. The lowest BCUT2D eigenvalue weighted by Gasteiger charge is -2.08. The smallest absolute Gasteiger partial charge is 0.264 e. The molecule has 3 N–H and O–H groups in total. The Morgan fingerprint density at radius 3 is 1.46 bits per heavy atom. The lowest BCUT2D eigenvalue weighted by Crippen LogP contribution is -2.07. The van der Waals surface area contributed by atoms with Crippen LogP contribution in [0.5, 0.6) is 0 Å². The van der Waals surface area contributed by atoms with Gasteiger partial charge >= 0.3 is 0 Å². The molecule has 2 aromatic rings. The molecular formula is C22H34N2O3S. The van der Waals surface area contributed by atoms with Gasteiger partial charge in [-0.3, -0.25) is 4.55 Å². The van der Waals surface area contributed by atoms with Gasteiger partial charge in [-0.05, 0) is 30.7 Å². The Morgan fingerprint density at radius 1 is 0.679 bits per heavy atom. The lowest BCUT2D eigenvalue weighted by molar-refractivity contribution is 0.478. The van der Waals surface area contributed by atoms with Crippen LogP contribution >= 0.6 is 0 Å². The van der Waals surface area contributed by atoms with Gasteiger partial charge in [0.15, 0.2) is 0 Å². The van der Waals surface area contributed by atoms with E-state index in [4.69, 9.17) is 4.55 Å². The number of nitrogens with one attached hydrogen (secondary N) is 2. The highest BCUT2D eigenvalue weighted by molar-refractivity contribution is 7.85. The summed E-state index contributed by atoms with van der Waals surface area (Å²) in [4.78, 5) is 0. The molecule has 0 heterocycles. The van der Waals surface area contributed by atoms with Crippen LogP contribution in [0.3, 0.4) is 0 Å². The third-order valence-electron chi connectivity index (χ3n) is 4.15. The molecule has 0 amide bonds. The topological polar surface area (TPSA) is 78.4 Å². The molecule has 0 aromatic heterocycles. The van der Waals surface area contributed by atoms with E-state index in [1.54, 1.807) is 0 Å². The highest BCUT2D eigenvalue weighted by Gasteiger charge is 2.02. The normalized spacial score (nSPS) is 10.6. The zero-order valence-corrected chi connectivity index (χ0v) is 17.6. The summed E-state index contributed by atoms with van der Waals surface area (Å²) in [6.07, 6.45) is 8.85. The third kappa shape index (κ3) is 14.1. The van der Waals surface area contributed by atoms with E-state index < -0.39 is 10.1 Å². The van der Waals surface area contributed by atoms with Crippen molar-refractivity contribution >= 4 is 21.5 Å². The van der Waals surface area contributed by atoms with E-state index in [1.807, 2.05) is 60.7 Å². The van der Waals surface area contributed by atoms with E-state index in [9.17, 15) is 8.42 Å². The predicted octanol–water partition coefficient (Wildman–Crippen LogP) is 6.14. The van der Waals surface area contributed by atoms with Crippen molar-refractivity contribution in [3.8, 4) is 0 Å². The molecule has 0 aliphatic rings. The fraction of sp³-hybridized carbons (Fsp3) is 0.455. The molecule has 156 valence electrons. The van der Waals surface area contributed by atoms with Crippen LogP contribution in [0.1, 0.15) is 58.3 Å². The quantitative estimate of drug-likeness (QED) is 0.224. The van der Waals surface area contributed by atoms with E-state index >= 15 is 0 Å². The largest absolute Gasteiger partial charge is 0.301 e. The van der Waals surface area contributed by atoms with E-state index in [2.05, 4.69) is 17.8 Å². The molecule has 28 heavy (non-hydrogen) atoms. The molecule has 0 fully saturated rings. The molecule has 2 rings (SSSR count). The number of rotatable bonds is 12. The Hall–Kier alpha value is -2.05. The Balaban J connectivity index is 0.000000280. The fourth-order valence-electron chi connectivity index (χ4n) is 2.61. The molecule has 0 atom stereocenters. The molecule has 5 nitrogen and oxygen atoms in total. The van der Waals surface area contributed by atoms with Gasteiger partial charge in [-0.1, -0.05) is 88.3 Å². The molecule has 0 spiro atoms. The number of benzene rings is 2. The number of hydrazine groups is 1. The maximum absolute atomic E-state index is 10.4. The average molecular weight is 407 g/mol. The van der Waals surface area contributed by atoms with E-state index in [-0.39, 0.29) is 5.75 Å². The van der Waals surface area contributed by atoms with Crippen LogP contribution in [0, 0.1) is 0 Å². The summed E-state index contributed by atoms with van der Waals surface area (Å²) < 4.78 is 29.2. The molecule has 0 bridgehead atoms. The summed E-state index contributed by atoms with van der Waals surface area (Å²) in [5.74, 6) is -0.0814. The third-order valence-corrected chi connectivity index (χ3v) is 4.96. The number of unbranched alkanes of at least 4 members (excludes halogenated alkanes) is 7. The standard InChI is InChI=1S/C12H12N2.C10H22O3S/c1-3-7-11(8-4-1)13-14-12-9-5-2-6-10-12;1-2-3-4-5-6-7-8-9-10-14(11,12)13/h1-10,13-14H;2-10H2,1H3,(H,11,12,13). The van der Waals surface area contributed by atoms with Crippen molar-refractivity contribution in [2.75, 3.05) is 16.6 Å². The maximum Gasteiger partial charge on any atom is 0.264 e. The number of anilines is 2. The first-order valence-electron chi connectivity index (χ1n) is 10.1. The van der Waals surface area contributed by atoms with Gasteiger partial charge in [0.2, 0.25) is 0 Å². The maximum atomic E-state index is 10.4. The highest BCUT2D eigenvalue weighted by Crippen LogP contribution is 2.09. The van der Waals surface area contributed by atoms with Crippen LogP contribution < -0.4 is 10.9 Å². The second kappa shape index (κ2) is 14.9. The van der Waals surface area contributed by atoms with Crippen LogP contribution in [0.25, 0.3) is 0 Å². The van der Waals surface area contributed by atoms with Gasteiger partial charge in [0, 0.05) is 0 Å². The van der Waals surface area contributed by atoms with E-state index in [0.29, 0.717) is 6.42 Å². The summed E-state index contributed by atoms with van der Waals surface area (Å²) in [6, 6.07) is 20.0. The highest BCUT2D eigenvalue weighted by atomic mass is 32.2. The molecule has 0 aliphatic carbocycles. The second-order valence-electron chi connectivity index (χ2n) is 6.74. The summed E-state index contributed by atoms with van der Waals surface area (Å²) >= 11 is 0. The summed E-state index contributed by atoms with van der Waals surface area (Å²) in [5.41, 5.74) is 8.33. The van der Waals surface area contributed by atoms with Crippen molar-refractivity contribution in [2.45, 2.75) is 58.3 Å². The molecule has 0 aliphatic heterocycles. The van der Waals surface area contributed by atoms with Gasteiger partial charge in [0.25, 0.3) is 10.1 Å². The SMILES string of the molecule is CCCCCCCCCCS(=O)(=O)O.c1ccc(NNc2ccccc2)cc1. The van der Waals surface area contributed by atoms with Crippen molar-refractivity contribution in [3.05, 3.63) is 60.7 Å². The summed E-state index contributed by atoms with van der Waals surface area (Å²) in [5, 5.41) is 0. The van der Waals surface area contributed by atoms with Crippen molar-refractivity contribution in [3.63, 3.8) is 0 Å². The van der Waals surface area contributed by atoms with Crippen LogP contribution in [-0.2, 0) is 10.1 Å². The van der Waals surface area contributed by atoms with Crippen molar-refractivity contribution in [2.24, 2.45) is 0 Å². The molecule has 2 aromatic carbocycles. The Labute approximate surface area is 170 Å². The van der Waals surface area contributed by atoms with E-state index in [1.165, 1.54) is 32.1 Å². The minimum Gasteiger partial charge on any atom is -0.301 e. The molecule has 0 radical (unpaired) electrons. The molecule has 0 saturated carbocycles. The molecular weight excluding hydrogens is 372 g/mol. The zero-order chi connectivity index (χ0) is 20.5. The van der Waals surface area contributed by atoms with E-state index in [0.717, 1.165) is 24.2 Å². The number of para-hydroxylation sites is 2. The Bertz CT molecular complexity index is 668. The van der Waals surface area contributed by atoms with Gasteiger partial charge in [0.05, 0.1) is 17.1 Å². The second-order valence-corrected chi connectivity index (χ2v) is 8.32. The number of hydrogen-bond donors (Lipinski definition) is 3. The van der Waals surface area contributed by atoms with Gasteiger partial charge in [0.1, 0.15) is 0 Å². The van der Waals surface area contributed by atoms with Crippen LogP contribution in [-0.4, -0.2) is 18.7 Å². The first kappa shape index (κ1) is 24.0. The van der Waals surface area contributed by atoms with Crippen molar-refractivity contribution < 1.29 is 13.0 Å². The van der Waals surface area contributed by atoms with Crippen LogP contribution in [0.4, 0.5) is 11.4 Å². The lowest BCUT2D eigenvalue weighted by atomic mass is 10.1. The Kier molecular flexibility index (Phi) is 12.8. The monoisotopic (exact) mass is 406 g/mol. The fourth-order valence-corrected chi connectivity index (χ4v) is 3.17. The first-order valence-corrected chi connectivity index (χ1v) is 11.7. The minimum atomic E-state index is -3.73. The molecule has 0 saturated heterocycles. The summed E-state index contributed by atoms with van der Waals surface area (Å²) in [6.45, 7) is 2.19. The van der Waals surface area contributed by atoms with Crippen molar-refractivity contribution in [1.82, 2.24) is 0 Å². The summed E-state index contributed by atoms with van der Waals surface area (Å²) in [7, 11) is -3.73. The van der Waals surface area contributed by atoms with Gasteiger partial charge in [-0.25, -0.2) is 0 Å². The average Bonchev–Trinajstić information content (AvgIpc) is 2.70. The van der Waals surface area contributed by atoms with Crippen molar-refractivity contribution in [1.29, 1.82) is 0 Å². The Morgan fingerprint density at radius 2 is 1.07 bits per heavy atom. The van der Waals surface area contributed by atoms with Crippen LogP contribution in [0.15, 0.2) is 60.7 Å². The molecule has 6 heteroatoms. The van der Waals surface area contributed by atoms with Gasteiger partial charge < -0.3 is 10.9 Å². The number of hydrogen-bond acceptors (Lipinski definition) is 4.